The Morgan fingerprint density at radius 1 is 1.00 bits per heavy atom. The molecule has 0 radical (unpaired) electrons. The minimum atomic E-state index is -0.911. The highest BCUT2D eigenvalue weighted by Gasteiger charge is 2.44. The molecule has 0 spiro atoms. The van der Waals surface area contributed by atoms with Crippen molar-refractivity contribution in [2.45, 2.75) is 82.7 Å². The van der Waals surface area contributed by atoms with Gasteiger partial charge in [0.15, 0.2) is 0 Å². The monoisotopic (exact) mass is 699 g/mol. The highest BCUT2D eigenvalue weighted by atomic mass is 35.5. The van der Waals surface area contributed by atoms with Gasteiger partial charge in [-0.3, -0.25) is 4.79 Å². The van der Waals surface area contributed by atoms with Crippen LogP contribution < -0.4 is 10.6 Å². The van der Waals surface area contributed by atoms with Crippen molar-refractivity contribution in [3.8, 4) is 0 Å². The molecule has 2 fully saturated rings. The van der Waals surface area contributed by atoms with Crippen molar-refractivity contribution >= 4 is 52.4 Å². The van der Waals surface area contributed by atoms with E-state index in [4.69, 9.17) is 16.6 Å². The van der Waals surface area contributed by atoms with Gasteiger partial charge in [0.2, 0.25) is 0 Å². The molecule has 6 rings (SSSR count). The van der Waals surface area contributed by atoms with E-state index in [1.807, 2.05) is 74.1 Å². The van der Waals surface area contributed by atoms with E-state index in [0.29, 0.717) is 17.1 Å². The number of halogens is 1. The van der Waals surface area contributed by atoms with Crippen molar-refractivity contribution in [2.24, 2.45) is 5.41 Å². The molecule has 2 heterocycles. The maximum atomic E-state index is 11.5. The van der Waals surface area contributed by atoms with E-state index in [1.165, 1.54) is 5.56 Å². The molecule has 1 aliphatic heterocycles. The average molecular weight is 700 g/mol. The van der Waals surface area contributed by atoms with Crippen LogP contribution in [0.15, 0.2) is 78.9 Å². The van der Waals surface area contributed by atoms with Crippen LogP contribution in [0, 0.1) is 5.41 Å². The molecule has 0 bridgehead atoms. The fraction of sp³-hybridized carbons (Fsp3) is 0.415. The summed E-state index contributed by atoms with van der Waals surface area (Å²) in [6.07, 6.45) is 8.02. The predicted molar refractivity (Wildman–Crippen MR) is 206 cm³/mol. The number of aliphatic carboxylic acids is 1. The predicted octanol–water partition coefficient (Wildman–Crippen LogP) is 8.90. The normalized spacial score (nSPS) is 19.3. The minimum absolute atomic E-state index is 0.0814. The van der Waals surface area contributed by atoms with Crippen LogP contribution in [0.25, 0.3) is 23.1 Å². The fourth-order valence-electron chi connectivity index (χ4n) is 6.26. The number of carbonyl (C=O) groups is 1. The van der Waals surface area contributed by atoms with Crippen LogP contribution in [0.2, 0.25) is 5.02 Å². The van der Waals surface area contributed by atoms with E-state index in [0.717, 1.165) is 77.8 Å². The summed E-state index contributed by atoms with van der Waals surface area (Å²) < 4.78 is 0. The second kappa shape index (κ2) is 16.7. The first-order chi connectivity index (χ1) is 23.4. The number of aromatic nitrogens is 1. The summed E-state index contributed by atoms with van der Waals surface area (Å²) in [5.74, 6) is 0.122. The third-order valence-corrected chi connectivity index (χ3v) is 11.3. The van der Waals surface area contributed by atoms with Gasteiger partial charge in [0.1, 0.15) is 0 Å². The van der Waals surface area contributed by atoms with Crippen LogP contribution in [-0.2, 0) is 16.8 Å². The summed E-state index contributed by atoms with van der Waals surface area (Å²) in [6.45, 7) is 10.3. The van der Waals surface area contributed by atoms with Crippen molar-refractivity contribution in [1.82, 2.24) is 15.6 Å². The van der Waals surface area contributed by atoms with Gasteiger partial charge in [-0.1, -0.05) is 78.3 Å². The number of piperazine rings is 1. The van der Waals surface area contributed by atoms with Crippen LogP contribution >= 0.6 is 23.4 Å². The van der Waals surface area contributed by atoms with E-state index in [-0.39, 0.29) is 17.1 Å². The highest BCUT2D eigenvalue weighted by molar-refractivity contribution is 7.99. The topological polar surface area (TPSA) is 94.5 Å². The molecule has 49 heavy (non-hydrogen) atoms. The van der Waals surface area contributed by atoms with Gasteiger partial charge in [0.05, 0.1) is 23.2 Å². The first kappa shape index (κ1) is 37.1. The second-order valence-electron chi connectivity index (χ2n) is 14.3. The average Bonchev–Trinajstić information content (AvgIpc) is 3.83. The molecule has 260 valence electrons. The Labute approximate surface area is 300 Å². The molecule has 3 atom stereocenters. The molecule has 0 unspecified atom stereocenters. The Morgan fingerprint density at radius 2 is 1.71 bits per heavy atom. The summed E-state index contributed by atoms with van der Waals surface area (Å²) in [5.41, 5.74) is 5.15. The Hall–Kier alpha value is -3.20. The number of thioether (sulfide) groups is 1. The van der Waals surface area contributed by atoms with E-state index in [1.54, 1.807) is 0 Å². The number of hydrogen-bond donors (Lipinski definition) is 4. The zero-order valence-electron chi connectivity index (χ0n) is 29.1. The third-order valence-electron chi connectivity index (χ3n) is 9.38. The first-order valence-corrected chi connectivity index (χ1v) is 18.8. The number of nitrogens with zero attached hydrogens (tertiary/aromatic N) is 1. The van der Waals surface area contributed by atoms with Gasteiger partial charge in [0, 0.05) is 46.6 Å². The lowest BCUT2D eigenvalue weighted by Gasteiger charge is -2.26. The number of nitrogens with one attached hydrogen (secondary N) is 2. The fourth-order valence-corrected chi connectivity index (χ4v) is 7.99. The number of aryl methyl sites for hydroxylation is 1. The number of aliphatic hydroxyl groups is 1. The van der Waals surface area contributed by atoms with E-state index >= 15 is 0 Å². The van der Waals surface area contributed by atoms with Crippen LogP contribution in [0.3, 0.4) is 0 Å². The zero-order valence-corrected chi connectivity index (χ0v) is 30.7. The number of benzene rings is 3. The zero-order chi connectivity index (χ0) is 35.0. The number of pyridine rings is 1. The number of rotatable bonds is 12. The number of fused-ring (bicyclic) bond motifs is 1. The first-order valence-electron chi connectivity index (χ1n) is 17.3. The van der Waals surface area contributed by atoms with Gasteiger partial charge in [-0.25, -0.2) is 4.98 Å². The lowest BCUT2D eigenvalue weighted by atomic mass is 9.90. The summed E-state index contributed by atoms with van der Waals surface area (Å²) in [4.78, 5) is 16.2. The smallest absolute Gasteiger partial charge is 0.303 e. The van der Waals surface area contributed by atoms with Crippen molar-refractivity contribution in [2.75, 3.05) is 18.8 Å². The lowest BCUT2D eigenvalue weighted by molar-refractivity contribution is -0.138. The molecular formula is C41H50ClN3O3S. The van der Waals surface area contributed by atoms with Crippen LogP contribution in [0.1, 0.15) is 86.6 Å². The minimum Gasteiger partial charge on any atom is -0.481 e. The van der Waals surface area contributed by atoms with Crippen molar-refractivity contribution in [1.29, 1.82) is 0 Å². The molecule has 3 aromatic carbocycles. The molecule has 1 aromatic heterocycles. The van der Waals surface area contributed by atoms with Gasteiger partial charge >= 0.3 is 5.97 Å². The van der Waals surface area contributed by atoms with Crippen molar-refractivity contribution in [3.05, 3.63) is 112 Å². The van der Waals surface area contributed by atoms with Crippen molar-refractivity contribution in [3.63, 3.8) is 0 Å². The lowest BCUT2D eigenvalue weighted by Crippen LogP contribution is -2.51. The Kier molecular flexibility index (Phi) is 12.6. The molecule has 6 nitrogen and oxygen atoms in total. The van der Waals surface area contributed by atoms with Gasteiger partial charge in [-0.2, -0.15) is 11.8 Å². The largest absolute Gasteiger partial charge is 0.481 e. The third kappa shape index (κ3) is 11.1. The molecule has 2 aliphatic rings. The van der Waals surface area contributed by atoms with Gasteiger partial charge in [-0.15, -0.1) is 0 Å². The maximum Gasteiger partial charge on any atom is 0.303 e. The summed E-state index contributed by atoms with van der Waals surface area (Å²) >= 11 is 8.04. The molecule has 1 aliphatic carbocycles. The SMILES string of the molecule is CC(C)(O)c1ccccc1CC[C@@H](SCC1(CC(=O)O)CC1)c1cccc(/C=C/c2ccc3ccc(Cl)cc3n2)c1.C[C@@H]1CN[C@@H](C)CN1. The summed E-state index contributed by atoms with van der Waals surface area (Å²) in [6, 6.07) is 27.8. The van der Waals surface area contributed by atoms with Gasteiger partial charge < -0.3 is 20.8 Å². The Bertz CT molecular complexity index is 1730. The van der Waals surface area contributed by atoms with Crippen LogP contribution in [0.5, 0.6) is 0 Å². The standard InChI is InChI=1S/C35H36ClNO3S.C6H14N2/c1-34(2,40)30-9-4-3-7-25(30)13-17-32(41-23-35(18-19-35)22-33(38)39)27-8-5-6-24(20-27)10-15-29-16-12-26-11-14-28(36)21-31(26)37-29;1-5-3-8-6(2)4-7-5/h3-12,14-16,20-21,32,40H,13,17-19,22-23H2,1-2H3,(H,38,39);5-8H,3-4H2,1-2H3/b15-10+;/t32-;5-,6+/m1./s1. The molecule has 4 aromatic rings. The number of hydrogen-bond acceptors (Lipinski definition) is 6. The molecule has 8 heteroatoms. The van der Waals surface area contributed by atoms with E-state index < -0.39 is 11.6 Å². The molecule has 1 saturated heterocycles. The number of carboxylic acid groups (broad SMARTS) is 1. The van der Waals surface area contributed by atoms with Gasteiger partial charge in [0.25, 0.3) is 0 Å². The van der Waals surface area contributed by atoms with E-state index in [9.17, 15) is 15.0 Å². The quantitative estimate of drug-likeness (QED) is 0.117. The highest BCUT2D eigenvalue weighted by Crippen LogP contribution is 2.53. The molecule has 1 saturated carbocycles. The molecule has 0 amide bonds. The Balaban J connectivity index is 0.000000514. The number of carboxylic acids is 1. The van der Waals surface area contributed by atoms with Crippen molar-refractivity contribution < 1.29 is 15.0 Å². The van der Waals surface area contributed by atoms with Crippen LogP contribution in [-0.4, -0.2) is 52.1 Å². The summed E-state index contributed by atoms with van der Waals surface area (Å²) in [7, 11) is 0. The second-order valence-corrected chi connectivity index (χ2v) is 15.9. The van der Waals surface area contributed by atoms with E-state index in [2.05, 4.69) is 67.0 Å². The van der Waals surface area contributed by atoms with Crippen LogP contribution in [0.4, 0.5) is 0 Å². The molecule has 4 N–H and O–H groups in total. The molecular weight excluding hydrogens is 650 g/mol. The Morgan fingerprint density at radius 3 is 2.39 bits per heavy atom. The van der Waals surface area contributed by atoms with Gasteiger partial charge in [-0.05, 0) is 105 Å². The summed E-state index contributed by atoms with van der Waals surface area (Å²) in [5, 5.41) is 28.8. The maximum absolute atomic E-state index is 11.5.